The highest BCUT2D eigenvalue weighted by atomic mass is 16.7. The van der Waals surface area contributed by atoms with E-state index in [0.29, 0.717) is 12.2 Å². The number of methoxy groups -OCH3 is 1. The van der Waals surface area contributed by atoms with Gasteiger partial charge >= 0.3 is 0 Å². The largest absolute Gasteiger partial charge is 0.366 e. The molecule has 0 aliphatic heterocycles. The fourth-order valence-electron chi connectivity index (χ4n) is 1.78. The second-order valence-electron chi connectivity index (χ2n) is 4.19. The van der Waals surface area contributed by atoms with Gasteiger partial charge in [0.1, 0.15) is 0 Å². The number of carbonyl (C=O) groups excluding carboxylic acids is 1. The summed E-state index contributed by atoms with van der Waals surface area (Å²) in [6.07, 6.45) is 1.13. The molecule has 2 aromatic rings. The molecule has 2 rings (SSSR count). The lowest BCUT2D eigenvalue weighted by Crippen LogP contribution is -2.13. The molecule has 2 N–H and O–H groups in total. The number of pyridine rings is 1. The molecule has 0 aliphatic rings. The van der Waals surface area contributed by atoms with Crippen molar-refractivity contribution in [2.75, 3.05) is 7.11 Å². The summed E-state index contributed by atoms with van der Waals surface area (Å²) in [7, 11) is 1.54. The SMILES string of the molecule is COC(OCc1ccccn1)c1cccc(C(N)=O)c1. The van der Waals surface area contributed by atoms with Crippen LogP contribution in [0.1, 0.15) is 27.9 Å². The first-order valence-electron chi connectivity index (χ1n) is 6.15. The van der Waals surface area contributed by atoms with Gasteiger partial charge in [0.25, 0.3) is 0 Å². The van der Waals surface area contributed by atoms with Crippen molar-refractivity contribution in [2.45, 2.75) is 12.9 Å². The maximum atomic E-state index is 11.2. The average Bonchev–Trinajstić information content (AvgIpc) is 2.49. The molecule has 1 amide bonds. The van der Waals surface area contributed by atoms with Crippen LogP contribution in [0.3, 0.4) is 0 Å². The van der Waals surface area contributed by atoms with Crippen molar-refractivity contribution < 1.29 is 14.3 Å². The van der Waals surface area contributed by atoms with E-state index >= 15 is 0 Å². The van der Waals surface area contributed by atoms with Gasteiger partial charge in [-0.1, -0.05) is 18.2 Å². The van der Waals surface area contributed by atoms with Crippen LogP contribution in [0, 0.1) is 0 Å². The van der Waals surface area contributed by atoms with Crippen LogP contribution in [0.15, 0.2) is 48.7 Å². The van der Waals surface area contributed by atoms with Crippen LogP contribution < -0.4 is 5.73 Å². The lowest BCUT2D eigenvalue weighted by atomic mass is 10.1. The van der Waals surface area contributed by atoms with Gasteiger partial charge in [-0.2, -0.15) is 0 Å². The Labute approximate surface area is 117 Å². The van der Waals surface area contributed by atoms with E-state index in [-0.39, 0.29) is 0 Å². The van der Waals surface area contributed by atoms with Crippen molar-refractivity contribution in [1.29, 1.82) is 0 Å². The fraction of sp³-hybridized carbons (Fsp3) is 0.200. The summed E-state index contributed by atoms with van der Waals surface area (Å²) in [4.78, 5) is 15.3. The first-order chi connectivity index (χ1) is 9.70. The number of aromatic nitrogens is 1. The number of hydrogen-bond donors (Lipinski definition) is 1. The van der Waals surface area contributed by atoms with Crippen molar-refractivity contribution >= 4 is 5.91 Å². The molecular weight excluding hydrogens is 256 g/mol. The molecule has 0 radical (unpaired) electrons. The van der Waals surface area contributed by atoms with Gasteiger partial charge in [-0.25, -0.2) is 0 Å². The van der Waals surface area contributed by atoms with Crippen LogP contribution in [0.4, 0.5) is 0 Å². The maximum absolute atomic E-state index is 11.2. The van der Waals surface area contributed by atoms with Crippen molar-refractivity contribution in [3.63, 3.8) is 0 Å². The van der Waals surface area contributed by atoms with Crippen LogP contribution in [-0.4, -0.2) is 18.0 Å². The molecule has 0 bridgehead atoms. The number of hydrogen-bond acceptors (Lipinski definition) is 4. The van der Waals surface area contributed by atoms with Crippen LogP contribution in [0.2, 0.25) is 0 Å². The predicted octanol–water partition coefficient (Wildman–Crippen LogP) is 2.04. The van der Waals surface area contributed by atoms with Crippen molar-refractivity contribution in [2.24, 2.45) is 5.73 Å². The van der Waals surface area contributed by atoms with Gasteiger partial charge in [0.15, 0.2) is 6.29 Å². The normalized spacial score (nSPS) is 12.1. The van der Waals surface area contributed by atoms with Crippen LogP contribution >= 0.6 is 0 Å². The summed E-state index contributed by atoms with van der Waals surface area (Å²) in [5.41, 5.74) is 7.22. The molecule has 1 heterocycles. The predicted molar refractivity (Wildman–Crippen MR) is 73.7 cm³/mol. The van der Waals surface area contributed by atoms with Crippen molar-refractivity contribution in [3.05, 3.63) is 65.5 Å². The summed E-state index contributed by atoms with van der Waals surface area (Å²) in [6.45, 7) is 0.320. The third-order valence-electron chi connectivity index (χ3n) is 2.77. The number of primary amides is 1. The van der Waals surface area contributed by atoms with E-state index in [2.05, 4.69) is 4.98 Å². The average molecular weight is 272 g/mol. The topological polar surface area (TPSA) is 74.4 Å². The minimum Gasteiger partial charge on any atom is -0.366 e. The van der Waals surface area contributed by atoms with E-state index in [0.717, 1.165) is 11.3 Å². The monoisotopic (exact) mass is 272 g/mol. The highest BCUT2D eigenvalue weighted by Crippen LogP contribution is 2.20. The Hall–Kier alpha value is -2.24. The summed E-state index contributed by atoms with van der Waals surface area (Å²) >= 11 is 0. The number of benzene rings is 1. The zero-order chi connectivity index (χ0) is 14.4. The molecule has 1 aromatic heterocycles. The molecule has 0 saturated heterocycles. The summed E-state index contributed by atoms with van der Waals surface area (Å²) < 4.78 is 11.0. The molecule has 104 valence electrons. The molecule has 5 nitrogen and oxygen atoms in total. The van der Waals surface area contributed by atoms with Crippen molar-refractivity contribution in [1.82, 2.24) is 4.98 Å². The zero-order valence-electron chi connectivity index (χ0n) is 11.2. The van der Waals surface area contributed by atoms with Gasteiger partial charge < -0.3 is 15.2 Å². The molecular formula is C15H16N2O3. The lowest BCUT2D eigenvalue weighted by molar-refractivity contribution is -0.136. The van der Waals surface area contributed by atoms with Crippen LogP contribution in [0.25, 0.3) is 0 Å². The second-order valence-corrected chi connectivity index (χ2v) is 4.19. The van der Waals surface area contributed by atoms with Crippen LogP contribution in [-0.2, 0) is 16.1 Å². The molecule has 1 atom stereocenters. The number of ether oxygens (including phenoxy) is 2. The van der Waals surface area contributed by atoms with E-state index in [1.807, 2.05) is 24.3 Å². The van der Waals surface area contributed by atoms with Gasteiger partial charge in [-0.15, -0.1) is 0 Å². The molecule has 0 spiro atoms. The molecule has 0 fully saturated rings. The fourth-order valence-corrected chi connectivity index (χ4v) is 1.78. The summed E-state index contributed by atoms with van der Waals surface area (Å²) in [6, 6.07) is 12.5. The quantitative estimate of drug-likeness (QED) is 0.817. The smallest absolute Gasteiger partial charge is 0.248 e. The van der Waals surface area contributed by atoms with E-state index < -0.39 is 12.2 Å². The maximum Gasteiger partial charge on any atom is 0.248 e. The number of carbonyl (C=O) groups is 1. The third kappa shape index (κ3) is 3.63. The Morgan fingerprint density at radius 3 is 2.80 bits per heavy atom. The van der Waals surface area contributed by atoms with Crippen LogP contribution in [0.5, 0.6) is 0 Å². The highest BCUT2D eigenvalue weighted by molar-refractivity contribution is 5.92. The van der Waals surface area contributed by atoms with E-state index in [9.17, 15) is 4.79 Å². The number of nitrogens with zero attached hydrogens (tertiary/aromatic N) is 1. The Kier molecular flexibility index (Phi) is 4.81. The van der Waals surface area contributed by atoms with Crippen molar-refractivity contribution in [3.8, 4) is 0 Å². The number of rotatable bonds is 6. The lowest BCUT2D eigenvalue weighted by Gasteiger charge is -2.16. The minimum absolute atomic E-state index is 0.320. The first kappa shape index (κ1) is 14.2. The van der Waals surface area contributed by atoms with E-state index in [1.54, 1.807) is 31.5 Å². The Bertz CT molecular complexity index is 572. The van der Waals surface area contributed by atoms with Gasteiger partial charge in [-0.05, 0) is 24.3 Å². The number of amides is 1. The van der Waals surface area contributed by atoms with Gasteiger partial charge in [0, 0.05) is 24.4 Å². The minimum atomic E-state index is -0.573. The molecule has 5 heteroatoms. The Balaban J connectivity index is 2.08. The summed E-state index contributed by atoms with van der Waals surface area (Å²) in [5.74, 6) is -0.480. The highest BCUT2D eigenvalue weighted by Gasteiger charge is 2.13. The number of nitrogens with two attached hydrogens (primary N) is 1. The molecule has 20 heavy (non-hydrogen) atoms. The first-order valence-corrected chi connectivity index (χ1v) is 6.15. The van der Waals surface area contributed by atoms with Gasteiger partial charge in [0.05, 0.1) is 12.3 Å². The standard InChI is InChI=1S/C15H16N2O3/c1-19-15(20-10-13-7-2-3-8-17-13)12-6-4-5-11(9-12)14(16)18/h2-9,15H,10H2,1H3,(H2,16,18). The molecule has 0 aliphatic carbocycles. The molecule has 1 unspecified atom stereocenters. The Morgan fingerprint density at radius 1 is 1.30 bits per heavy atom. The zero-order valence-corrected chi connectivity index (χ0v) is 11.2. The Morgan fingerprint density at radius 2 is 2.15 bits per heavy atom. The third-order valence-corrected chi connectivity index (χ3v) is 2.77. The van der Waals surface area contributed by atoms with E-state index in [4.69, 9.17) is 15.2 Å². The molecule has 1 aromatic carbocycles. The molecule has 0 saturated carbocycles. The second kappa shape index (κ2) is 6.79. The van der Waals surface area contributed by atoms with Gasteiger partial charge in [-0.3, -0.25) is 9.78 Å². The summed E-state index contributed by atoms with van der Waals surface area (Å²) in [5, 5.41) is 0. The van der Waals surface area contributed by atoms with Gasteiger partial charge in [0.2, 0.25) is 5.91 Å². The van der Waals surface area contributed by atoms with E-state index in [1.165, 1.54) is 0 Å².